The minimum absolute atomic E-state index is 0.00615. The maximum Gasteiger partial charge on any atom is 0.375 e. The van der Waals surface area contributed by atoms with Crippen LogP contribution in [0.25, 0.3) is 11.0 Å². The number of halogens is 2. The van der Waals surface area contributed by atoms with Gasteiger partial charge in [-0.2, -0.15) is 0 Å². The number of anilines is 1. The zero-order valence-electron chi connectivity index (χ0n) is 14.3. The average Bonchev–Trinajstić information content (AvgIpc) is 3.02. The highest BCUT2D eigenvalue weighted by Gasteiger charge is 2.22. The van der Waals surface area contributed by atoms with E-state index in [1.54, 1.807) is 24.3 Å². The lowest BCUT2D eigenvalue weighted by molar-refractivity contribution is -0.119. The molecule has 0 saturated carbocycles. The van der Waals surface area contributed by atoms with Crippen LogP contribution >= 0.6 is 23.2 Å². The summed E-state index contributed by atoms with van der Waals surface area (Å²) < 4.78 is 15.8. The highest BCUT2D eigenvalue weighted by molar-refractivity contribution is 6.35. The predicted molar refractivity (Wildman–Crippen MR) is 102 cm³/mol. The number of hydrogen-bond donors (Lipinski definition) is 1. The molecule has 1 heterocycles. The molecule has 0 spiro atoms. The molecule has 0 saturated heterocycles. The molecule has 1 aromatic heterocycles. The van der Waals surface area contributed by atoms with Crippen molar-refractivity contribution in [1.82, 2.24) is 0 Å². The lowest BCUT2D eigenvalue weighted by Gasteiger charge is -2.08. The number of ether oxygens (including phenoxy) is 2. The Hall–Kier alpha value is -2.54. The van der Waals surface area contributed by atoms with Gasteiger partial charge in [-0.3, -0.25) is 4.79 Å². The van der Waals surface area contributed by atoms with Crippen LogP contribution in [0.15, 0.2) is 46.9 Å². The van der Waals surface area contributed by atoms with Crippen molar-refractivity contribution in [2.45, 2.75) is 6.61 Å². The quantitative estimate of drug-likeness (QED) is 0.600. The summed E-state index contributed by atoms with van der Waals surface area (Å²) in [5.41, 5.74) is 1.43. The van der Waals surface area contributed by atoms with Crippen LogP contribution < -0.4 is 5.32 Å². The first-order valence-corrected chi connectivity index (χ1v) is 8.66. The molecule has 0 radical (unpaired) electrons. The fourth-order valence-corrected chi connectivity index (χ4v) is 2.86. The second-order valence-corrected chi connectivity index (χ2v) is 6.43. The molecule has 0 unspecified atom stereocenters. The molecule has 0 aliphatic rings. The number of benzene rings is 2. The van der Waals surface area contributed by atoms with E-state index in [0.717, 1.165) is 5.39 Å². The van der Waals surface area contributed by atoms with Crippen molar-refractivity contribution in [3.8, 4) is 0 Å². The Bertz CT molecular complexity index is 999. The van der Waals surface area contributed by atoms with Gasteiger partial charge >= 0.3 is 5.97 Å². The fraction of sp³-hybridized carbons (Fsp3) is 0.158. The van der Waals surface area contributed by atoms with Gasteiger partial charge in [0.1, 0.15) is 5.58 Å². The van der Waals surface area contributed by atoms with Gasteiger partial charge in [-0.15, -0.1) is 0 Å². The van der Waals surface area contributed by atoms with Crippen LogP contribution in [0.1, 0.15) is 16.1 Å². The minimum Gasteiger partial charge on any atom is -0.450 e. The van der Waals surface area contributed by atoms with Crippen LogP contribution in [0.5, 0.6) is 0 Å². The average molecular weight is 408 g/mol. The monoisotopic (exact) mass is 407 g/mol. The molecule has 140 valence electrons. The van der Waals surface area contributed by atoms with Crippen molar-refractivity contribution in [3.63, 3.8) is 0 Å². The Morgan fingerprint density at radius 3 is 2.70 bits per heavy atom. The molecule has 6 nitrogen and oxygen atoms in total. The van der Waals surface area contributed by atoms with Gasteiger partial charge in [0.15, 0.2) is 6.61 Å². The molecule has 27 heavy (non-hydrogen) atoms. The van der Waals surface area contributed by atoms with Gasteiger partial charge in [0, 0.05) is 23.1 Å². The van der Waals surface area contributed by atoms with Gasteiger partial charge < -0.3 is 19.2 Å². The molecule has 3 rings (SSSR count). The number of furan rings is 1. The maximum atomic E-state index is 12.4. The van der Waals surface area contributed by atoms with Crippen LogP contribution in [0.2, 0.25) is 10.0 Å². The number of nitrogens with one attached hydrogen (secondary N) is 1. The van der Waals surface area contributed by atoms with Crippen molar-refractivity contribution in [2.24, 2.45) is 0 Å². The Kier molecular flexibility index (Phi) is 6.01. The second-order valence-electron chi connectivity index (χ2n) is 5.59. The molecule has 2 aromatic carbocycles. The molecular weight excluding hydrogens is 393 g/mol. The van der Waals surface area contributed by atoms with Crippen LogP contribution in [-0.4, -0.2) is 25.6 Å². The summed E-state index contributed by atoms with van der Waals surface area (Å²) in [4.78, 5) is 24.4. The van der Waals surface area contributed by atoms with Crippen molar-refractivity contribution in [2.75, 3.05) is 19.0 Å². The smallest absolute Gasteiger partial charge is 0.375 e. The molecule has 0 aliphatic carbocycles. The predicted octanol–water partition coefficient (Wildman–Crippen LogP) is 4.68. The van der Waals surface area contributed by atoms with E-state index < -0.39 is 18.5 Å². The number of carbonyl (C=O) groups is 2. The first kappa shape index (κ1) is 19.2. The highest BCUT2D eigenvalue weighted by Crippen LogP contribution is 2.27. The summed E-state index contributed by atoms with van der Waals surface area (Å²) in [5.74, 6) is -1.31. The largest absolute Gasteiger partial charge is 0.450 e. The highest BCUT2D eigenvalue weighted by atomic mass is 35.5. The SMILES string of the molecule is COCc1c(C(=O)OCC(=O)Nc2cc(Cl)ccc2Cl)oc2ccccc12. The third-order valence-corrected chi connectivity index (χ3v) is 4.27. The van der Waals surface area contributed by atoms with E-state index in [1.807, 2.05) is 12.1 Å². The number of fused-ring (bicyclic) bond motifs is 1. The number of methoxy groups -OCH3 is 1. The summed E-state index contributed by atoms with van der Waals surface area (Å²) in [7, 11) is 1.51. The second kappa shape index (κ2) is 8.43. The standard InChI is InChI=1S/C19H15Cl2NO5/c1-25-9-13-12-4-2-3-5-16(12)27-18(13)19(24)26-10-17(23)22-15-8-11(20)6-7-14(15)21/h2-8H,9-10H2,1H3,(H,22,23). The zero-order valence-corrected chi connectivity index (χ0v) is 15.8. The van der Waals surface area contributed by atoms with Crippen molar-refractivity contribution < 1.29 is 23.5 Å². The summed E-state index contributed by atoms with van der Waals surface area (Å²) in [6.07, 6.45) is 0. The van der Waals surface area contributed by atoms with E-state index in [1.165, 1.54) is 13.2 Å². The van der Waals surface area contributed by atoms with Gasteiger partial charge in [-0.1, -0.05) is 41.4 Å². The summed E-state index contributed by atoms with van der Waals surface area (Å²) >= 11 is 11.9. The molecule has 8 heteroatoms. The molecule has 0 fully saturated rings. The summed E-state index contributed by atoms with van der Waals surface area (Å²) in [5, 5.41) is 4.02. The molecular formula is C19H15Cl2NO5. The van der Waals surface area contributed by atoms with Crippen LogP contribution in [-0.2, 0) is 20.9 Å². The zero-order chi connectivity index (χ0) is 19.4. The fourth-order valence-electron chi connectivity index (χ4n) is 2.53. The first-order valence-electron chi connectivity index (χ1n) is 7.91. The third kappa shape index (κ3) is 4.42. The Balaban J connectivity index is 1.70. The van der Waals surface area contributed by atoms with Crippen molar-refractivity contribution in [1.29, 1.82) is 0 Å². The van der Waals surface area contributed by atoms with E-state index in [0.29, 0.717) is 26.9 Å². The Labute approximate surface area is 164 Å². The molecule has 0 atom stereocenters. The van der Waals surface area contributed by atoms with E-state index in [-0.39, 0.29) is 12.4 Å². The van der Waals surface area contributed by atoms with Crippen LogP contribution in [0.4, 0.5) is 5.69 Å². The third-order valence-electron chi connectivity index (χ3n) is 3.71. The van der Waals surface area contributed by atoms with Crippen molar-refractivity contribution in [3.05, 3.63) is 63.8 Å². The maximum absolute atomic E-state index is 12.4. The van der Waals surface area contributed by atoms with Crippen LogP contribution in [0.3, 0.4) is 0 Å². The topological polar surface area (TPSA) is 77.8 Å². The lowest BCUT2D eigenvalue weighted by atomic mass is 10.1. The number of hydrogen-bond acceptors (Lipinski definition) is 5. The van der Waals surface area contributed by atoms with Crippen molar-refractivity contribution >= 4 is 51.7 Å². The van der Waals surface area contributed by atoms with Crippen LogP contribution in [0, 0.1) is 0 Å². The molecule has 1 amide bonds. The van der Waals surface area contributed by atoms with Gasteiger partial charge in [-0.05, 0) is 24.3 Å². The number of amides is 1. The Morgan fingerprint density at radius 2 is 1.93 bits per heavy atom. The van der Waals surface area contributed by atoms with Gasteiger partial charge in [0.2, 0.25) is 5.76 Å². The Morgan fingerprint density at radius 1 is 1.15 bits per heavy atom. The molecule has 3 aromatic rings. The van der Waals surface area contributed by atoms with E-state index in [2.05, 4.69) is 5.32 Å². The number of carbonyl (C=O) groups excluding carboxylic acids is 2. The molecule has 1 N–H and O–H groups in total. The lowest BCUT2D eigenvalue weighted by Crippen LogP contribution is -2.21. The number of rotatable bonds is 6. The molecule has 0 aliphatic heterocycles. The number of para-hydroxylation sites is 1. The number of esters is 1. The summed E-state index contributed by atoms with van der Waals surface area (Å²) in [6, 6.07) is 11.8. The van der Waals surface area contributed by atoms with Gasteiger partial charge in [0.25, 0.3) is 5.91 Å². The van der Waals surface area contributed by atoms with E-state index in [9.17, 15) is 9.59 Å². The summed E-state index contributed by atoms with van der Waals surface area (Å²) in [6.45, 7) is -0.336. The van der Waals surface area contributed by atoms with E-state index >= 15 is 0 Å². The van der Waals surface area contributed by atoms with Gasteiger partial charge in [0.05, 0.1) is 17.3 Å². The normalized spacial score (nSPS) is 10.8. The van der Waals surface area contributed by atoms with E-state index in [4.69, 9.17) is 37.1 Å². The minimum atomic E-state index is -0.759. The first-order chi connectivity index (χ1) is 13.0. The van der Waals surface area contributed by atoms with Gasteiger partial charge in [-0.25, -0.2) is 4.79 Å². The molecule has 0 bridgehead atoms.